The highest BCUT2D eigenvalue weighted by Gasteiger charge is 2.28. The number of rotatable bonds is 5. The Bertz CT molecular complexity index is 378. The number of aromatic nitrogens is 2. The molecule has 0 saturated heterocycles. The van der Waals surface area contributed by atoms with Gasteiger partial charge in [-0.2, -0.15) is 4.98 Å². The van der Waals surface area contributed by atoms with Crippen LogP contribution >= 0.6 is 0 Å². The molecule has 3 N–H and O–H groups in total. The summed E-state index contributed by atoms with van der Waals surface area (Å²) in [6, 6.07) is 0. The van der Waals surface area contributed by atoms with E-state index >= 15 is 0 Å². The zero-order chi connectivity index (χ0) is 11.5. The summed E-state index contributed by atoms with van der Waals surface area (Å²) in [4.78, 5) is 8.63. The third-order valence-electron chi connectivity index (χ3n) is 2.64. The second-order valence-corrected chi connectivity index (χ2v) is 4.10. The zero-order valence-electron chi connectivity index (χ0n) is 9.44. The highest BCUT2D eigenvalue weighted by Crippen LogP contribution is 2.39. The lowest BCUT2D eigenvalue weighted by Crippen LogP contribution is -2.08. The van der Waals surface area contributed by atoms with Crippen molar-refractivity contribution in [2.75, 3.05) is 18.9 Å². The second kappa shape index (κ2) is 4.65. The maximum atomic E-state index is 8.68. The van der Waals surface area contributed by atoms with E-state index in [0.29, 0.717) is 30.6 Å². The Hall–Kier alpha value is -1.36. The molecule has 1 aromatic rings. The minimum atomic E-state index is 0.120. The van der Waals surface area contributed by atoms with Crippen molar-refractivity contribution in [3.63, 3.8) is 0 Å². The molecule has 0 radical (unpaired) electrons. The molecule has 88 valence electrons. The molecule has 1 fully saturated rings. The Morgan fingerprint density at radius 1 is 1.44 bits per heavy atom. The fraction of sp³-hybridized carbons (Fsp3) is 0.636. The molecule has 1 aromatic heterocycles. The molecule has 0 bridgehead atoms. The maximum Gasteiger partial charge on any atom is 0.221 e. The highest BCUT2D eigenvalue weighted by molar-refractivity contribution is 5.45. The molecule has 0 aromatic carbocycles. The molecule has 16 heavy (non-hydrogen) atoms. The zero-order valence-corrected chi connectivity index (χ0v) is 9.44. The molecule has 1 aliphatic carbocycles. The number of anilines is 1. The van der Waals surface area contributed by atoms with Crippen molar-refractivity contribution in [3.05, 3.63) is 11.4 Å². The summed E-state index contributed by atoms with van der Waals surface area (Å²) in [5.41, 5.74) is 6.59. The lowest BCUT2D eigenvalue weighted by Gasteiger charge is -2.10. The molecule has 5 nitrogen and oxygen atoms in total. The quantitative estimate of drug-likeness (QED) is 0.728. The van der Waals surface area contributed by atoms with Gasteiger partial charge in [0.2, 0.25) is 5.88 Å². The van der Waals surface area contributed by atoms with Crippen molar-refractivity contribution in [3.8, 4) is 5.88 Å². The normalized spacial score (nSPS) is 15.1. The highest BCUT2D eigenvalue weighted by atomic mass is 16.5. The summed E-state index contributed by atoms with van der Waals surface area (Å²) < 4.78 is 5.49. The first-order chi connectivity index (χ1) is 7.72. The topological polar surface area (TPSA) is 81.3 Å². The predicted molar refractivity (Wildman–Crippen MR) is 60.4 cm³/mol. The molecule has 1 heterocycles. The first kappa shape index (κ1) is 11.1. The van der Waals surface area contributed by atoms with Crippen LogP contribution in [0.15, 0.2) is 0 Å². The molecule has 0 amide bonds. The van der Waals surface area contributed by atoms with Gasteiger partial charge in [-0.25, -0.2) is 4.98 Å². The van der Waals surface area contributed by atoms with E-state index in [1.54, 1.807) is 0 Å². The van der Waals surface area contributed by atoms with Crippen LogP contribution in [0.5, 0.6) is 5.88 Å². The van der Waals surface area contributed by atoms with E-state index in [1.807, 2.05) is 6.92 Å². The monoisotopic (exact) mass is 223 g/mol. The van der Waals surface area contributed by atoms with Crippen LogP contribution in [0.1, 0.15) is 36.6 Å². The number of hydrogen-bond acceptors (Lipinski definition) is 5. The molecule has 5 heteroatoms. The van der Waals surface area contributed by atoms with Crippen molar-refractivity contribution in [2.24, 2.45) is 0 Å². The molecule has 0 aliphatic heterocycles. The number of ether oxygens (including phenoxy) is 1. The fourth-order valence-corrected chi connectivity index (χ4v) is 1.43. The van der Waals surface area contributed by atoms with Crippen LogP contribution in [0.25, 0.3) is 0 Å². The van der Waals surface area contributed by atoms with Gasteiger partial charge >= 0.3 is 0 Å². The summed E-state index contributed by atoms with van der Waals surface area (Å²) in [5.74, 6) is 2.31. The number of hydrogen-bond donors (Lipinski definition) is 2. The molecule has 1 aliphatic rings. The van der Waals surface area contributed by atoms with E-state index < -0.39 is 0 Å². The summed E-state index contributed by atoms with van der Waals surface area (Å²) in [6.07, 6.45) is 2.87. The molecular weight excluding hydrogens is 206 g/mol. The lowest BCUT2D eigenvalue weighted by molar-refractivity contribution is 0.228. The number of aliphatic hydroxyl groups is 1. The van der Waals surface area contributed by atoms with Gasteiger partial charge in [0, 0.05) is 18.9 Å². The summed E-state index contributed by atoms with van der Waals surface area (Å²) >= 11 is 0. The first-order valence-corrected chi connectivity index (χ1v) is 5.60. The van der Waals surface area contributed by atoms with Crippen molar-refractivity contribution in [2.45, 2.75) is 32.1 Å². The number of nitrogens with two attached hydrogens (primary N) is 1. The van der Waals surface area contributed by atoms with E-state index in [1.165, 1.54) is 0 Å². The van der Waals surface area contributed by atoms with Crippen LogP contribution in [0.4, 0.5) is 5.82 Å². The number of nitrogen functional groups attached to an aromatic ring is 1. The second-order valence-electron chi connectivity index (χ2n) is 4.10. The average Bonchev–Trinajstić information content (AvgIpc) is 3.08. The molecule has 1 saturated carbocycles. The largest absolute Gasteiger partial charge is 0.477 e. The smallest absolute Gasteiger partial charge is 0.221 e. The van der Waals surface area contributed by atoms with Crippen molar-refractivity contribution in [1.82, 2.24) is 9.97 Å². The van der Waals surface area contributed by atoms with Gasteiger partial charge in [0.15, 0.2) is 0 Å². The van der Waals surface area contributed by atoms with Crippen LogP contribution in [0.2, 0.25) is 0 Å². The van der Waals surface area contributed by atoms with Gasteiger partial charge in [-0.05, 0) is 19.8 Å². The Labute approximate surface area is 94.7 Å². The summed E-state index contributed by atoms with van der Waals surface area (Å²) in [7, 11) is 0. The third-order valence-corrected chi connectivity index (χ3v) is 2.64. The van der Waals surface area contributed by atoms with Crippen molar-refractivity contribution < 1.29 is 9.84 Å². The average molecular weight is 223 g/mol. The standard InChI is InChI=1S/C11H17N3O2/c1-7-9(12)13-10(8-3-4-8)14-11(7)16-6-2-5-15/h8,15H,2-6H2,1H3,(H2,12,13,14). The van der Waals surface area contributed by atoms with Gasteiger partial charge in [-0.3, -0.25) is 0 Å². The summed E-state index contributed by atoms with van der Waals surface area (Å²) in [6.45, 7) is 2.42. The Balaban J connectivity index is 2.14. The minimum Gasteiger partial charge on any atom is -0.477 e. The van der Waals surface area contributed by atoms with Crippen LogP contribution < -0.4 is 10.5 Å². The van der Waals surface area contributed by atoms with E-state index in [9.17, 15) is 0 Å². The van der Waals surface area contributed by atoms with Gasteiger partial charge in [0.05, 0.1) is 12.2 Å². The first-order valence-electron chi connectivity index (χ1n) is 5.60. The van der Waals surface area contributed by atoms with E-state index in [-0.39, 0.29) is 6.61 Å². The van der Waals surface area contributed by atoms with Crippen molar-refractivity contribution >= 4 is 5.82 Å². The molecule has 0 unspecified atom stereocenters. The number of aliphatic hydroxyl groups excluding tert-OH is 1. The van der Waals surface area contributed by atoms with Crippen molar-refractivity contribution in [1.29, 1.82) is 0 Å². The molecule has 0 spiro atoms. The van der Waals surface area contributed by atoms with Crippen LogP contribution in [-0.4, -0.2) is 28.3 Å². The summed E-state index contributed by atoms with van der Waals surface area (Å²) in [5, 5.41) is 8.68. The van der Waals surface area contributed by atoms with Crippen LogP contribution in [0.3, 0.4) is 0 Å². The van der Waals surface area contributed by atoms with Gasteiger partial charge in [0.1, 0.15) is 11.6 Å². The van der Waals surface area contributed by atoms with Gasteiger partial charge < -0.3 is 15.6 Å². The fourth-order valence-electron chi connectivity index (χ4n) is 1.43. The van der Waals surface area contributed by atoms with Gasteiger partial charge in [0.25, 0.3) is 0 Å². The maximum absolute atomic E-state index is 8.68. The third kappa shape index (κ3) is 2.41. The SMILES string of the molecule is Cc1c(N)nc(C2CC2)nc1OCCCO. The Kier molecular flexibility index (Phi) is 3.24. The Morgan fingerprint density at radius 2 is 2.19 bits per heavy atom. The predicted octanol–water partition coefficient (Wildman–Crippen LogP) is 1.01. The van der Waals surface area contributed by atoms with Crippen LogP contribution in [-0.2, 0) is 0 Å². The van der Waals surface area contributed by atoms with Gasteiger partial charge in [-0.1, -0.05) is 0 Å². The molecule has 0 atom stereocenters. The van der Waals surface area contributed by atoms with E-state index in [4.69, 9.17) is 15.6 Å². The molecular formula is C11H17N3O2. The minimum absolute atomic E-state index is 0.120. The Morgan fingerprint density at radius 3 is 2.81 bits per heavy atom. The van der Waals surface area contributed by atoms with E-state index in [0.717, 1.165) is 24.2 Å². The van der Waals surface area contributed by atoms with Crippen LogP contribution in [0, 0.1) is 6.92 Å². The number of nitrogens with zero attached hydrogens (tertiary/aromatic N) is 2. The van der Waals surface area contributed by atoms with E-state index in [2.05, 4.69) is 9.97 Å². The lowest BCUT2D eigenvalue weighted by atomic mass is 10.3. The van der Waals surface area contributed by atoms with Gasteiger partial charge in [-0.15, -0.1) is 0 Å². The molecule has 2 rings (SSSR count).